The highest BCUT2D eigenvalue weighted by Crippen LogP contribution is 2.23. The quantitative estimate of drug-likeness (QED) is 0.616. The van der Waals surface area contributed by atoms with Crippen LogP contribution in [-0.2, 0) is 9.59 Å². The van der Waals surface area contributed by atoms with Crippen molar-refractivity contribution in [3.05, 3.63) is 0 Å². The van der Waals surface area contributed by atoms with Crippen molar-refractivity contribution in [3.63, 3.8) is 0 Å². The molecule has 0 aromatic carbocycles. The molecule has 1 saturated carbocycles. The van der Waals surface area contributed by atoms with E-state index < -0.39 is 23.9 Å². The van der Waals surface area contributed by atoms with Crippen molar-refractivity contribution in [3.8, 4) is 0 Å². The van der Waals surface area contributed by atoms with Crippen molar-refractivity contribution >= 4 is 17.9 Å². The summed E-state index contributed by atoms with van der Waals surface area (Å²) in [6.07, 6.45) is 2.93. The normalized spacial score (nSPS) is 16.5. The predicted octanol–water partition coefficient (Wildman–Crippen LogP) is -0.101. The third-order valence-corrected chi connectivity index (χ3v) is 3.22. The van der Waals surface area contributed by atoms with E-state index in [1.165, 1.54) is 4.90 Å². The van der Waals surface area contributed by atoms with E-state index in [0.717, 1.165) is 19.3 Å². The van der Waals surface area contributed by atoms with Crippen LogP contribution < -0.4 is 11.1 Å². The van der Waals surface area contributed by atoms with E-state index in [2.05, 4.69) is 5.32 Å². The Morgan fingerprint density at radius 1 is 1.44 bits per heavy atom. The van der Waals surface area contributed by atoms with Crippen LogP contribution in [0.15, 0.2) is 0 Å². The van der Waals surface area contributed by atoms with E-state index in [0.29, 0.717) is 0 Å². The summed E-state index contributed by atoms with van der Waals surface area (Å²) >= 11 is 0. The van der Waals surface area contributed by atoms with Gasteiger partial charge in [-0.15, -0.1) is 0 Å². The zero-order valence-electron chi connectivity index (χ0n) is 10.4. The second-order valence-corrected chi connectivity index (χ2v) is 4.54. The van der Waals surface area contributed by atoms with Gasteiger partial charge in [0.15, 0.2) is 0 Å². The minimum absolute atomic E-state index is 0.00884. The van der Waals surface area contributed by atoms with Crippen molar-refractivity contribution < 1.29 is 19.5 Å². The first kappa shape index (κ1) is 14.3. The Kier molecular flexibility index (Phi) is 4.94. The van der Waals surface area contributed by atoms with Crippen LogP contribution >= 0.6 is 0 Å². The summed E-state index contributed by atoms with van der Waals surface area (Å²) in [5.74, 6) is -1.74. The summed E-state index contributed by atoms with van der Waals surface area (Å²) in [5, 5.41) is 11.3. The number of amides is 3. The molecule has 102 valence electrons. The molecule has 0 radical (unpaired) electrons. The van der Waals surface area contributed by atoms with Crippen LogP contribution in [0.25, 0.3) is 0 Å². The maximum atomic E-state index is 11.8. The van der Waals surface area contributed by atoms with Gasteiger partial charge in [-0.05, 0) is 25.7 Å². The van der Waals surface area contributed by atoms with Crippen LogP contribution in [0, 0.1) is 0 Å². The first-order valence-electron chi connectivity index (χ1n) is 5.96. The first-order valence-corrected chi connectivity index (χ1v) is 5.96. The molecule has 3 amide bonds. The van der Waals surface area contributed by atoms with Crippen LogP contribution in [0.3, 0.4) is 0 Å². The van der Waals surface area contributed by atoms with Gasteiger partial charge in [-0.2, -0.15) is 0 Å². The van der Waals surface area contributed by atoms with Gasteiger partial charge in [0, 0.05) is 19.5 Å². The molecule has 0 aliphatic heterocycles. The third-order valence-electron chi connectivity index (χ3n) is 3.22. The second kappa shape index (κ2) is 6.23. The van der Waals surface area contributed by atoms with Gasteiger partial charge < -0.3 is 21.1 Å². The number of urea groups is 1. The zero-order chi connectivity index (χ0) is 13.7. The zero-order valence-corrected chi connectivity index (χ0v) is 10.4. The molecule has 0 bridgehead atoms. The molecule has 18 heavy (non-hydrogen) atoms. The lowest BCUT2D eigenvalue weighted by molar-refractivity contribution is -0.139. The molecule has 0 aromatic rings. The molecule has 1 rings (SSSR count). The van der Waals surface area contributed by atoms with E-state index in [9.17, 15) is 14.4 Å². The third kappa shape index (κ3) is 3.90. The van der Waals surface area contributed by atoms with Crippen LogP contribution in [0.5, 0.6) is 0 Å². The highest BCUT2D eigenvalue weighted by molar-refractivity contribution is 5.83. The Labute approximate surface area is 105 Å². The van der Waals surface area contributed by atoms with Gasteiger partial charge >= 0.3 is 12.0 Å². The lowest BCUT2D eigenvalue weighted by Gasteiger charge is -2.35. The number of hydrogen-bond acceptors (Lipinski definition) is 3. The SMILES string of the molecule is CN(C(=O)NC(CCC(N)=O)C(=O)O)C1CCC1. The molecular formula is C11H19N3O4. The molecule has 0 heterocycles. The van der Waals surface area contributed by atoms with Crippen LogP contribution in [0.4, 0.5) is 4.79 Å². The van der Waals surface area contributed by atoms with Crippen molar-refractivity contribution in [2.45, 2.75) is 44.2 Å². The molecule has 7 nitrogen and oxygen atoms in total. The number of rotatable bonds is 6. The van der Waals surface area contributed by atoms with E-state index in [-0.39, 0.29) is 18.9 Å². The van der Waals surface area contributed by atoms with E-state index in [1.807, 2.05) is 0 Å². The minimum atomic E-state index is -1.16. The number of nitrogens with two attached hydrogens (primary N) is 1. The molecule has 0 aromatic heterocycles. The lowest BCUT2D eigenvalue weighted by Crippen LogP contribution is -2.51. The van der Waals surface area contributed by atoms with E-state index in [4.69, 9.17) is 10.8 Å². The van der Waals surface area contributed by atoms with Crippen LogP contribution in [0.2, 0.25) is 0 Å². The molecular weight excluding hydrogens is 238 g/mol. The topological polar surface area (TPSA) is 113 Å². The molecule has 1 aliphatic carbocycles. The number of carbonyl (C=O) groups excluding carboxylic acids is 2. The monoisotopic (exact) mass is 257 g/mol. The van der Waals surface area contributed by atoms with E-state index >= 15 is 0 Å². The second-order valence-electron chi connectivity index (χ2n) is 4.54. The van der Waals surface area contributed by atoms with Gasteiger partial charge in [0.25, 0.3) is 0 Å². The molecule has 0 spiro atoms. The lowest BCUT2D eigenvalue weighted by atomic mass is 9.92. The largest absolute Gasteiger partial charge is 0.480 e. The Morgan fingerprint density at radius 3 is 2.44 bits per heavy atom. The Bertz CT molecular complexity index is 341. The van der Waals surface area contributed by atoms with Crippen molar-refractivity contribution in [2.24, 2.45) is 5.73 Å². The Morgan fingerprint density at radius 2 is 2.06 bits per heavy atom. The molecule has 1 fully saturated rings. The summed E-state index contributed by atoms with van der Waals surface area (Å²) in [6, 6.07) is -1.31. The fourth-order valence-corrected chi connectivity index (χ4v) is 1.73. The fraction of sp³-hybridized carbons (Fsp3) is 0.727. The number of hydrogen-bond donors (Lipinski definition) is 3. The van der Waals surface area contributed by atoms with Gasteiger partial charge in [0.05, 0.1) is 0 Å². The molecule has 1 aliphatic rings. The summed E-state index contributed by atoms with van der Waals surface area (Å²) < 4.78 is 0. The highest BCUT2D eigenvalue weighted by Gasteiger charge is 2.28. The molecule has 4 N–H and O–H groups in total. The summed E-state index contributed by atoms with van der Waals surface area (Å²) in [5.41, 5.74) is 4.96. The van der Waals surface area contributed by atoms with Crippen molar-refractivity contribution in [1.82, 2.24) is 10.2 Å². The molecule has 1 atom stereocenters. The van der Waals surface area contributed by atoms with E-state index in [1.54, 1.807) is 7.05 Å². The maximum Gasteiger partial charge on any atom is 0.326 e. The van der Waals surface area contributed by atoms with Crippen LogP contribution in [0.1, 0.15) is 32.1 Å². The first-order chi connectivity index (χ1) is 8.41. The number of aliphatic carboxylic acids is 1. The van der Waals surface area contributed by atoms with Gasteiger partial charge in [0.1, 0.15) is 6.04 Å². The summed E-state index contributed by atoms with van der Waals surface area (Å²) in [6.45, 7) is 0. The minimum Gasteiger partial charge on any atom is -0.480 e. The smallest absolute Gasteiger partial charge is 0.326 e. The number of nitrogens with zero attached hydrogens (tertiary/aromatic N) is 1. The van der Waals surface area contributed by atoms with Gasteiger partial charge in [-0.3, -0.25) is 4.79 Å². The fourth-order valence-electron chi connectivity index (χ4n) is 1.73. The predicted molar refractivity (Wildman–Crippen MR) is 63.8 cm³/mol. The molecule has 0 saturated heterocycles. The number of carboxylic acids is 1. The molecule has 1 unspecified atom stereocenters. The number of carbonyl (C=O) groups is 3. The molecule has 7 heteroatoms. The summed E-state index contributed by atoms with van der Waals surface area (Å²) in [4.78, 5) is 34.8. The van der Waals surface area contributed by atoms with Gasteiger partial charge in [-0.25, -0.2) is 9.59 Å². The average Bonchev–Trinajstić information content (AvgIpc) is 2.20. The van der Waals surface area contributed by atoms with Gasteiger partial charge in [0.2, 0.25) is 5.91 Å². The Balaban J connectivity index is 2.46. The van der Waals surface area contributed by atoms with Crippen molar-refractivity contribution in [2.75, 3.05) is 7.05 Å². The highest BCUT2D eigenvalue weighted by atomic mass is 16.4. The number of primary amides is 1. The standard InChI is InChI=1S/C11H19N3O4/c1-14(7-3-2-4-7)11(18)13-8(10(16)17)5-6-9(12)15/h7-8H,2-6H2,1H3,(H2,12,15)(H,13,18)(H,16,17). The summed E-state index contributed by atoms with van der Waals surface area (Å²) in [7, 11) is 1.64. The van der Waals surface area contributed by atoms with Crippen LogP contribution in [-0.4, -0.2) is 47.0 Å². The number of carboxylic acid groups (broad SMARTS) is 1. The number of nitrogens with one attached hydrogen (secondary N) is 1. The van der Waals surface area contributed by atoms with Gasteiger partial charge in [-0.1, -0.05) is 0 Å². The average molecular weight is 257 g/mol. The maximum absolute atomic E-state index is 11.8. The van der Waals surface area contributed by atoms with Crippen molar-refractivity contribution in [1.29, 1.82) is 0 Å². The Hall–Kier alpha value is -1.79.